The third-order valence-corrected chi connectivity index (χ3v) is 4.89. The van der Waals surface area contributed by atoms with Crippen LogP contribution in [0, 0.1) is 6.92 Å². The molecule has 17 heavy (non-hydrogen) atoms. The SMILES string of the molecule is CSCCC(C)NS(=O)(=O)c1ccccc1C. The zero-order chi connectivity index (χ0) is 12.9. The van der Waals surface area contributed by atoms with Gasteiger partial charge >= 0.3 is 0 Å². The van der Waals surface area contributed by atoms with Gasteiger partial charge in [0, 0.05) is 6.04 Å². The van der Waals surface area contributed by atoms with Gasteiger partial charge in [-0.2, -0.15) is 11.8 Å². The van der Waals surface area contributed by atoms with Crippen LogP contribution in [0.25, 0.3) is 0 Å². The Hall–Kier alpha value is -0.520. The van der Waals surface area contributed by atoms with Crippen LogP contribution in [0.5, 0.6) is 0 Å². The van der Waals surface area contributed by atoms with E-state index in [2.05, 4.69) is 4.72 Å². The van der Waals surface area contributed by atoms with Gasteiger partial charge in [0.05, 0.1) is 4.90 Å². The van der Waals surface area contributed by atoms with Crippen molar-refractivity contribution >= 4 is 21.8 Å². The molecule has 1 aromatic carbocycles. The van der Waals surface area contributed by atoms with Gasteiger partial charge in [0.25, 0.3) is 0 Å². The van der Waals surface area contributed by atoms with Crippen molar-refractivity contribution in [1.29, 1.82) is 0 Å². The Morgan fingerprint density at radius 3 is 2.59 bits per heavy atom. The molecule has 0 aliphatic rings. The molecular weight excluding hydrogens is 254 g/mol. The lowest BCUT2D eigenvalue weighted by Crippen LogP contribution is -2.33. The lowest BCUT2D eigenvalue weighted by Gasteiger charge is -2.14. The van der Waals surface area contributed by atoms with E-state index in [4.69, 9.17) is 0 Å². The molecule has 0 saturated carbocycles. The van der Waals surface area contributed by atoms with Crippen LogP contribution in [0.4, 0.5) is 0 Å². The Morgan fingerprint density at radius 2 is 2.00 bits per heavy atom. The van der Waals surface area contributed by atoms with E-state index in [9.17, 15) is 8.42 Å². The molecule has 5 heteroatoms. The van der Waals surface area contributed by atoms with Crippen LogP contribution < -0.4 is 4.72 Å². The Kier molecular flexibility index (Phi) is 5.49. The highest BCUT2D eigenvalue weighted by molar-refractivity contribution is 7.98. The van der Waals surface area contributed by atoms with E-state index in [1.54, 1.807) is 36.9 Å². The summed E-state index contributed by atoms with van der Waals surface area (Å²) in [5.74, 6) is 0.956. The third kappa shape index (κ3) is 4.33. The first kappa shape index (κ1) is 14.5. The highest BCUT2D eigenvalue weighted by Gasteiger charge is 2.18. The standard InChI is InChI=1S/C12H19NO2S2/c1-10-6-4-5-7-12(10)17(14,15)13-11(2)8-9-16-3/h4-7,11,13H,8-9H2,1-3H3. The fourth-order valence-corrected chi connectivity index (χ4v) is 3.65. The van der Waals surface area contributed by atoms with Crippen molar-refractivity contribution in [3.8, 4) is 0 Å². The van der Waals surface area contributed by atoms with E-state index < -0.39 is 10.0 Å². The zero-order valence-corrected chi connectivity index (χ0v) is 12.1. The van der Waals surface area contributed by atoms with Crippen LogP contribution in [0.3, 0.4) is 0 Å². The molecule has 96 valence electrons. The van der Waals surface area contributed by atoms with Gasteiger partial charge in [-0.1, -0.05) is 18.2 Å². The van der Waals surface area contributed by atoms with Crippen LogP contribution in [0.1, 0.15) is 18.9 Å². The number of nitrogens with one attached hydrogen (secondary N) is 1. The number of thioether (sulfide) groups is 1. The van der Waals surface area contributed by atoms with Crippen LogP contribution in [0.15, 0.2) is 29.2 Å². The highest BCUT2D eigenvalue weighted by atomic mass is 32.2. The molecule has 3 nitrogen and oxygen atoms in total. The summed E-state index contributed by atoms with van der Waals surface area (Å²) < 4.78 is 26.9. The minimum absolute atomic E-state index is 0.0351. The largest absolute Gasteiger partial charge is 0.241 e. The molecule has 0 radical (unpaired) electrons. The quantitative estimate of drug-likeness (QED) is 0.866. The van der Waals surface area contributed by atoms with Crippen molar-refractivity contribution in [2.75, 3.05) is 12.0 Å². The number of hydrogen-bond acceptors (Lipinski definition) is 3. The second-order valence-electron chi connectivity index (χ2n) is 4.07. The smallest absolute Gasteiger partial charge is 0.208 e. The van der Waals surface area contributed by atoms with Gasteiger partial charge in [-0.3, -0.25) is 0 Å². The number of rotatable bonds is 6. The normalized spacial score (nSPS) is 13.6. The molecule has 0 saturated heterocycles. The average molecular weight is 273 g/mol. The summed E-state index contributed by atoms with van der Waals surface area (Å²) in [5.41, 5.74) is 0.775. The first-order valence-corrected chi connectivity index (χ1v) is 8.42. The van der Waals surface area contributed by atoms with Gasteiger partial charge in [-0.25, -0.2) is 13.1 Å². The molecule has 1 aromatic rings. The Morgan fingerprint density at radius 1 is 1.35 bits per heavy atom. The summed E-state index contributed by atoms with van der Waals surface area (Å²) in [4.78, 5) is 0.371. The predicted octanol–water partition coefficient (Wildman–Crippen LogP) is 2.41. The first-order chi connectivity index (χ1) is 7.97. The van der Waals surface area contributed by atoms with E-state index >= 15 is 0 Å². The lowest BCUT2D eigenvalue weighted by molar-refractivity contribution is 0.556. The van der Waals surface area contributed by atoms with Crippen molar-refractivity contribution in [3.05, 3.63) is 29.8 Å². The Bertz CT molecular complexity index is 457. The number of sulfonamides is 1. The van der Waals surface area contributed by atoms with Crippen LogP contribution in [-0.4, -0.2) is 26.5 Å². The fraction of sp³-hybridized carbons (Fsp3) is 0.500. The minimum atomic E-state index is -3.38. The molecule has 0 amide bonds. The number of aryl methyl sites for hydroxylation is 1. The molecule has 0 spiro atoms. The molecule has 0 bridgehead atoms. The highest BCUT2D eigenvalue weighted by Crippen LogP contribution is 2.15. The summed E-state index contributed by atoms with van der Waals surface area (Å²) in [5, 5.41) is 0. The molecule has 0 aliphatic heterocycles. The zero-order valence-electron chi connectivity index (χ0n) is 10.4. The van der Waals surface area contributed by atoms with Gasteiger partial charge in [0.1, 0.15) is 0 Å². The number of hydrogen-bond donors (Lipinski definition) is 1. The maximum Gasteiger partial charge on any atom is 0.241 e. The monoisotopic (exact) mass is 273 g/mol. The van der Waals surface area contributed by atoms with Gasteiger partial charge in [0.15, 0.2) is 0 Å². The topological polar surface area (TPSA) is 46.2 Å². The van der Waals surface area contributed by atoms with Crippen LogP contribution in [0.2, 0.25) is 0 Å². The Labute approximate surface area is 108 Å². The maximum absolute atomic E-state index is 12.1. The van der Waals surface area contributed by atoms with Gasteiger partial charge in [-0.15, -0.1) is 0 Å². The fourth-order valence-electron chi connectivity index (χ4n) is 1.54. The van der Waals surface area contributed by atoms with E-state index in [1.807, 2.05) is 19.2 Å². The molecule has 0 aromatic heterocycles. The van der Waals surface area contributed by atoms with E-state index in [-0.39, 0.29) is 6.04 Å². The second kappa shape index (κ2) is 6.42. The minimum Gasteiger partial charge on any atom is -0.208 e. The predicted molar refractivity (Wildman–Crippen MR) is 74.0 cm³/mol. The molecule has 0 fully saturated rings. The Balaban J connectivity index is 2.79. The third-order valence-electron chi connectivity index (χ3n) is 2.49. The lowest BCUT2D eigenvalue weighted by atomic mass is 10.2. The van der Waals surface area contributed by atoms with Crippen molar-refractivity contribution in [1.82, 2.24) is 4.72 Å². The molecule has 1 unspecified atom stereocenters. The van der Waals surface area contributed by atoms with E-state index in [0.717, 1.165) is 17.7 Å². The van der Waals surface area contributed by atoms with Crippen molar-refractivity contribution in [2.45, 2.75) is 31.2 Å². The van der Waals surface area contributed by atoms with Crippen molar-refractivity contribution in [3.63, 3.8) is 0 Å². The van der Waals surface area contributed by atoms with E-state index in [0.29, 0.717) is 4.90 Å². The van der Waals surface area contributed by atoms with E-state index in [1.165, 1.54) is 0 Å². The maximum atomic E-state index is 12.1. The molecule has 0 aliphatic carbocycles. The number of benzene rings is 1. The molecule has 1 N–H and O–H groups in total. The molecular formula is C12H19NO2S2. The van der Waals surface area contributed by atoms with Crippen LogP contribution >= 0.6 is 11.8 Å². The molecule has 1 rings (SSSR count). The van der Waals surface area contributed by atoms with Gasteiger partial charge < -0.3 is 0 Å². The summed E-state index contributed by atoms with van der Waals surface area (Å²) >= 11 is 1.72. The van der Waals surface area contributed by atoms with Gasteiger partial charge in [-0.05, 0) is 43.9 Å². The van der Waals surface area contributed by atoms with Crippen molar-refractivity contribution < 1.29 is 8.42 Å². The molecule has 1 atom stereocenters. The summed E-state index contributed by atoms with van der Waals surface area (Å²) in [6.45, 7) is 3.70. The second-order valence-corrected chi connectivity index (χ2v) is 6.74. The summed E-state index contributed by atoms with van der Waals surface area (Å²) in [6, 6.07) is 6.99. The summed E-state index contributed by atoms with van der Waals surface area (Å²) in [6.07, 6.45) is 2.86. The summed E-state index contributed by atoms with van der Waals surface area (Å²) in [7, 11) is -3.38. The first-order valence-electron chi connectivity index (χ1n) is 5.54. The van der Waals surface area contributed by atoms with Crippen LogP contribution in [-0.2, 0) is 10.0 Å². The average Bonchev–Trinajstić information content (AvgIpc) is 2.26. The van der Waals surface area contributed by atoms with Crippen molar-refractivity contribution in [2.24, 2.45) is 0 Å². The van der Waals surface area contributed by atoms with Gasteiger partial charge in [0.2, 0.25) is 10.0 Å². The molecule has 0 heterocycles.